The smallest absolute Gasteiger partial charge is 0.144 e. The molecule has 1 N–H and O–H groups in total. The molecule has 3 nitrogen and oxygen atoms in total. The van der Waals surface area contributed by atoms with E-state index in [-0.39, 0.29) is 23.2 Å². The van der Waals surface area contributed by atoms with Crippen LogP contribution in [-0.4, -0.2) is 17.5 Å². The Kier molecular flexibility index (Phi) is 4.77. The van der Waals surface area contributed by atoms with E-state index in [1.807, 2.05) is 42.5 Å². The van der Waals surface area contributed by atoms with Gasteiger partial charge in [0.15, 0.2) is 0 Å². The molecule has 2 aliphatic rings. The van der Waals surface area contributed by atoms with Gasteiger partial charge in [-0.2, -0.15) is 0 Å². The quantitative estimate of drug-likeness (QED) is 0.644. The molecule has 4 heteroatoms. The van der Waals surface area contributed by atoms with Crippen LogP contribution in [0.2, 0.25) is 0 Å². The fourth-order valence-electron chi connectivity index (χ4n) is 4.04. The van der Waals surface area contributed by atoms with E-state index in [9.17, 15) is 4.79 Å². The monoisotopic (exact) mass is 422 g/mol. The number of rotatable bonds is 2. The number of carbonyl (C=O) groups is 1. The van der Waals surface area contributed by atoms with Gasteiger partial charge in [-0.25, -0.2) is 0 Å². The van der Waals surface area contributed by atoms with Gasteiger partial charge in [-0.15, -0.1) is 0 Å². The number of carbonyl (C=O) groups excluding carboxylic acids is 1. The summed E-state index contributed by atoms with van der Waals surface area (Å²) in [5.74, 6) is 0.00785. The summed E-state index contributed by atoms with van der Waals surface area (Å²) in [6.07, 6.45) is 3.51. The third-order valence-corrected chi connectivity index (χ3v) is 5.95. The van der Waals surface area contributed by atoms with Crippen LogP contribution in [0.1, 0.15) is 32.3 Å². The van der Waals surface area contributed by atoms with Crippen molar-refractivity contribution >= 4 is 44.9 Å². The van der Waals surface area contributed by atoms with Gasteiger partial charge < -0.3 is 5.32 Å². The summed E-state index contributed by atoms with van der Waals surface area (Å²) in [6.45, 7) is 4.30. The highest BCUT2D eigenvalue weighted by Crippen LogP contribution is 2.43. The van der Waals surface area contributed by atoms with Crippen LogP contribution >= 0.6 is 15.9 Å². The van der Waals surface area contributed by atoms with Gasteiger partial charge >= 0.3 is 0 Å². The summed E-state index contributed by atoms with van der Waals surface area (Å²) in [7, 11) is 0. The molecular formula is C23H23BrN2O. The van der Waals surface area contributed by atoms with Crippen LogP contribution in [-0.2, 0) is 4.79 Å². The van der Waals surface area contributed by atoms with E-state index < -0.39 is 0 Å². The Balaban J connectivity index is 1.80. The number of ketones is 1. The Morgan fingerprint density at radius 1 is 1.11 bits per heavy atom. The number of hydrogen-bond donors (Lipinski definition) is 1. The summed E-state index contributed by atoms with van der Waals surface area (Å²) in [5, 5.41) is 3.59. The van der Waals surface area contributed by atoms with Gasteiger partial charge in [-0.3, -0.25) is 9.79 Å². The lowest BCUT2D eigenvalue weighted by Gasteiger charge is -2.37. The zero-order chi connectivity index (χ0) is 19.0. The van der Waals surface area contributed by atoms with Crippen LogP contribution in [0.15, 0.2) is 64.1 Å². The van der Waals surface area contributed by atoms with Crippen molar-refractivity contribution in [1.82, 2.24) is 0 Å². The van der Waals surface area contributed by atoms with E-state index in [0.29, 0.717) is 6.42 Å². The molecule has 1 aliphatic carbocycles. The number of halogens is 1. The molecule has 1 fully saturated rings. The van der Waals surface area contributed by atoms with E-state index >= 15 is 0 Å². The Morgan fingerprint density at radius 2 is 1.81 bits per heavy atom. The molecule has 4 rings (SSSR count). The maximum atomic E-state index is 13.1. The first-order valence-electron chi connectivity index (χ1n) is 9.31. The number of hydrogen-bond acceptors (Lipinski definition) is 3. The molecule has 1 heterocycles. The molecule has 2 aromatic carbocycles. The van der Waals surface area contributed by atoms with Crippen LogP contribution in [0, 0.1) is 11.3 Å². The van der Waals surface area contributed by atoms with Crippen molar-refractivity contribution in [3.05, 3.63) is 64.6 Å². The van der Waals surface area contributed by atoms with Crippen molar-refractivity contribution in [2.45, 2.75) is 32.7 Å². The second-order valence-electron chi connectivity index (χ2n) is 8.14. The van der Waals surface area contributed by atoms with Gasteiger partial charge in [0, 0.05) is 16.6 Å². The number of para-hydroxylation sites is 2. The molecule has 1 aliphatic heterocycles. The van der Waals surface area contributed by atoms with Gasteiger partial charge in [0.1, 0.15) is 5.78 Å². The first-order valence-corrected chi connectivity index (χ1v) is 10.1. The Hall–Kier alpha value is -2.20. The van der Waals surface area contributed by atoms with Crippen molar-refractivity contribution in [3.8, 4) is 0 Å². The summed E-state index contributed by atoms with van der Waals surface area (Å²) in [5.41, 5.74) is 3.91. The maximum absolute atomic E-state index is 13.1. The standard InChI is InChI=1S/C23H23BrN2O/c1-23(2)13-19-21(20(27)14-23)22(16(24)12-15-8-4-3-5-9-15)26-18-11-7-6-10-17(18)25-19/h3-12,21-22,26H,13-14H2,1-2H3. The molecule has 1 saturated carbocycles. The van der Waals surface area contributed by atoms with Crippen molar-refractivity contribution < 1.29 is 4.79 Å². The van der Waals surface area contributed by atoms with E-state index in [1.54, 1.807) is 0 Å². The molecule has 2 aromatic rings. The largest absolute Gasteiger partial charge is 0.375 e. The third kappa shape index (κ3) is 3.77. The lowest BCUT2D eigenvalue weighted by atomic mass is 9.69. The number of nitrogens with zero attached hydrogens (tertiary/aromatic N) is 1. The third-order valence-electron chi connectivity index (χ3n) is 5.23. The summed E-state index contributed by atoms with van der Waals surface area (Å²) < 4.78 is 0.969. The number of aliphatic imine (C=N–C) groups is 1. The van der Waals surface area contributed by atoms with Crippen molar-refractivity contribution in [2.75, 3.05) is 5.32 Å². The molecule has 27 heavy (non-hydrogen) atoms. The molecular weight excluding hydrogens is 400 g/mol. The van der Waals surface area contributed by atoms with E-state index in [2.05, 4.69) is 53.3 Å². The Labute approximate surface area is 168 Å². The lowest BCUT2D eigenvalue weighted by Crippen LogP contribution is -2.46. The molecule has 0 saturated heterocycles. The molecule has 138 valence electrons. The van der Waals surface area contributed by atoms with E-state index in [0.717, 1.165) is 33.6 Å². The molecule has 0 bridgehead atoms. The first kappa shape index (κ1) is 18.2. The van der Waals surface area contributed by atoms with Gasteiger partial charge in [-0.1, -0.05) is 72.2 Å². The average Bonchev–Trinajstić information content (AvgIpc) is 2.78. The highest BCUT2D eigenvalue weighted by atomic mass is 79.9. The minimum atomic E-state index is -0.250. The first-order chi connectivity index (χ1) is 12.9. The van der Waals surface area contributed by atoms with Gasteiger partial charge in [-0.05, 0) is 35.6 Å². The van der Waals surface area contributed by atoms with Gasteiger partial charge in [0.2, 0.25) is 0 Å². The lowest BCUT2D eigenvalue weighted by molar-refractivity contribution is -0.123. The van der Waals surface area contributed by atoms with Crippen molar-refractivity contribution in [2.24, 2.45) is 16.3 Å². The van der Waals surface area contributed by atoms with E-state index in [1.165, 1.54) is 0 Å². The zero-order valence-electron chi connectivity index (χ0n) is 15.6. The van der Waals surface area contributed by atoms with Gasteiger partial charge in [0.05, 0.1) is 23.3 Å². The summed E-state index contributed by atoms with van der Waals surface area (Å²) in [4.78, 5) is 18.1. The van der Waals surface area contributed by atoms with Crippen LogP contribution < -0.4 is 5.32 Å². The molecule has 0 spiro atoms. The SMILES string of the molecule is CC1(C)CC(=O)C2C(=Nc3ccccc3NC2C(Br)=Cc2ccccc2)C1. The number of benzene rings is 2. The minimum Gasteiger partial charge on any atom is -0.375 e. The summed E-state index contributed by atoms with van der Waals surface area (Å²) >= 11 is 3.77. The molecule has 2 atom stereocenters. The Bertz CT molecular complexity index is 930. The van der Waals surface area contributed by atoms with Crippen LogP contribution in [0.4, 0.5) is 11.4 Å². The van der Waals surface area contributed by atoms with Crippen LogP contribution in [0.25, 0.3) is 6.08 Å². The molecule has 0 amide bonds. The number of Topliss-reactive ketones (excluding diaryl/α,β-unsaturated/α-hetero) is 1. The minimum absolute atomic E-state index is 0.0497. The fourth-order valence-corrected chi connectivity index (χ4v) is 4.69. The second kappa shape index (κ2) is 7.08. The predicted molar refractivity (Wildman–Crippen MR) is 116 cm³/mol. The average molecular weight is 423 g/mol. The number of nitrogens with one attached hydrogen (secondary N) is 1. The molecule has 2 unspecified atom stereocenters. The van der Waals surface area contributed by atoms with Gasteiger partial charge in [0.25, 0.3) is 0 Å². The topological polar surface area (TPSA) is 41.5 Å². The second-order valence-corrected chi connectivity index (χ2v) is 9.06. The maximum Gasteiger partial charge on any atom is 0.144 e. The van der Waals surface area contributed by atoms with Crippen LogP contribution in [0.5, 0.6) is 0 Å². The summed E-state index contributed by atoms with van der Waals surface area (Å²) in [6, 6.07) is 18.0. The highest BCUT2D eigenvalue weighted by molar-refractivity contribution is 9.11. The Morgan fingerprint density at radius 3 is 2.59 bits per heavy atom. The number of fused-ring (bicyclic) bond motifs is 2. The number of anilines is 1. The van der Waals surface area contributed by atoms with Crippen molar-refractivity contribution in [1.29, 1.82) is 0 Å². The van der Waals surface area contributed by atoms with Crippen molar-refractivity contribution in [3.63, 3.8) is 0 Å². The molecule has 0 radical (unpaired) electrons. The molecule has 0 aromatic heterocycles. The highest BCUT2D eigenvalue weighted by Gasteiger charge is 2.44. The normalized spacial score (nSPS) is 24.2. The predicted octanol–water partition coefficient (Wildman–Crippen LogP) is 5.99. The zero-order valence-corrected chi connectivity index (χ0v) is 17.2. The fraction of sp³-hybridized carbons (Fsp3) is 0.304. The van der Waals surface area contributed by atoms with Crippen LogP contribution in [0.3, 0.4) is 0 Å². The van der Waals surface area contributed by atoms with E-state index in [4.69, 9.17) is 4.99 Å².